The van der Waals surface area contributed by atoms with Gasteiger partial charge in [0.05, 0.1) is 6.42 Å². The van der Waals surface area contributed by atoms with Crippen molar-refractivity contribution in [3.63, 3.8) is 0 Å². The normalized spacial score (nSPS) is 10.1. The highest BCUT2D eigenvalue weighted by molar-refractivity contribution is 6.18. The number of rotatable bonds is 4. The molecule has 0 atom stereocenters. The number of halogens is 3. The molecule has 0 bridgehead atoms. The van der Waals surface area contributed by atoms with Crippen molar-refractivity contribution in [1.82, 2.24) is 5.32 Å². The lowest BCUT2D eigenvalue weighted by atomic mass is 10.1. The Kier molecular flexibility index (Phi) is 4.49. The van der Waals surface area contributed by atoms with Crippen molar-refractivity contribution in [3.05, 3.63) is 35.4 Å². The summed E-state index contributed by atoms with van der Waals surface area (Å²) in [5.74, 6) is -1.60. The third kappa shape index (κ3) is 3.47. The standard InChI is InChI=1S/C10H10ClF2NO/c11-4-5-14-10(15)6-7-8(12)2-1-3-9(7)13/h1-3H,4-6H2,(H,14,15). The Hall–Kier alpha value is -1.16. The van der Waals surface area contributed by atoms with Gasteiger partial charge in [-0.25, -0.2) is 8.78 Å². The third-order valence-corrected chi connectivity index (χ3v) is 2.00. The lowest BCUT2D eigenvalue weighted by Gasteiger charge is -2.05. The largest absolute Gasteiger partial charge is 0.355 e. The molecule has 1 aromatic carbocycles. The highest BCUT2D eigenvalue weighted by Crippen LogP contribution is 2.12. The molecule has 2 nitrogen and oxygen atoms in total. The van der Waals surface area contributed by atoms with Gasteiger partial charge in [0, 0.05) is 18.0 Å². The van der Waals surface area contributed by atoms with E-state index in [4.69, 9.17) is 11.6 Å². The van der Waals surface area contributed by atoms with Crippen LogP contribution in [0, 0.1) is 11.6 Å². The summed E-state index contributed by atoms with van der Waals surface area (Å²) < 4.78 is 26.2. The van der Waals surface area contributed by atoms with E-state index in [9.17, 15) is 13.6 Å². The molecule has 82 valence electrons. The summed E-state index contributed by atoms with van der Waals surface area (Å²) in [7, 11) is 0. The smallest absolute Gasteiger partial charge is 0.224 e. The Bertz CT molecular complexity index is 337. The van der Waals surface area contributed by atoms with E-state index in [1.807, 2.05) is 0 Å². The van der Waals surface area contributed by atoms with E-state index in [-0.39, 0.29) is 24.4 Å². The van der Waals surface area contributed by atoms with E-state index in [1.165, 1.54) is 6.07 Å². The summed E-state index contributed by atoms with van der Waals surface area (Å²) in [4.78, 5) is 11.2. The molecule has 1 amide bonds. The van der Waals surface area contributed by atoms with Crippen molar-refractivity contribution < 1.29 is 13.6 Å². The van der Waals surface area contributed by atoms with Crippen molar-refractivity contribution in [1.29, 1.82) is 0 Å². The molecule has 0 saturated heterocycles. The van der Waals surface area contributed by atoms with Crippen LogP contribution in [0.2, 0.25) is 0 Å². The molecule has 1 N–H and O–H groups in total. The molecule has 0 heterocycles. The number of nitrogens with one attached hydrogen (secondary N) is 1. The molecule has 0 fully saturated rings. The summed E-state index contributed by atoms with van der Waals surface area (Å²) in [6, 6.07) is 3.49. The van der Waals surface area contributed by atoms with Crippen molar-refractivity contribution in [2.45, 2.75) is 6.42 Å². The van der Waals surface area contributed by atoms with Gasteiger partial charge < -0.3 is 5.32 Å². The van der Waals surface area contributed by atoms with Gasteiger partial charge in [-0.05, 0) is 12.1 Å². The van der Waals surface area contributed by atoms with Crippen LogP contribution in [0.4, 0.5) is 8.78 Å². The lowest BCUT2D eigenvalue weighted by molar-refractivity contribution is -0.120. The Morgan fingerprint density at radius 1 is 1.33 bits per heavy atom. The molecule has 0 aromatic heterocycles. The van der Waals surface area contributed by atoms with Crippen LogP contribution in [-0.2, 0) is 11.2 Å². The molecule has 15 heavy (non-hydrogen) atoms. The number of alkyl halides is 1. The van der Waals surface area contributed by atoms with E-state index >= 15 is 0 Å². The van der Waals surface area contributed by atoms with E-state index in [1.54, 1.807) is 0 Å². The van der Waals surface area contributed by atoms with Crippen molar-refractivity contribution in [3.8, 4) is 0 Å². The average molecular weight is 234 g/mol. The van der Waals surface area contributed by atoms with Crippen LogP contribution in [0.1, 0.15) is 5.56 Å². The first-order valence-corrected chi connectivity index (χ1v) is 4.94. The van der Waals surface area contributed by atoms with Gasteiger partial charge >= 0.3 is 0 Å². The number of hydrogen-bond acceptors (Lipinski definition) is 1. The molecule has 0 spiro atoms. The Morgan fingerprint density at radius 3 is 2.47 bits per heavy atom. The van der Waals surface area contributed by atoms with Crippen LogP contribution < -0.4 is 5.32 Å². The molecule has 0 aliphatic rings. The first-order valence-electron chi connectivity index (χ1n) is 4.40. The molecule has 1 aromatic rings. The molecule has 0 saturated carbocycles. The summed E-state index contributed by atoms with van der Waals surface area (Å²) >= 11 is 5.35. The molecule has 0 radical (unpaired) electrons. The summed E-state index contributed by atoms with van der Waals surface area (Å²) in [6.45, 7) is 0.288. The van der Waals surface area contributed by atoms with Crippen LogP contribution >= 0.6 is 11.6 Å². The monoisotopic (exact) mass is 233 g/mol. The van der Waals surface area contributed by atoms with Crippen LogP contribution in [0.5, 0.6) is 0 Å². The molecule has 0 unspecified atom stereocenters. The maximum Gasteiger partial charge on any atom is 0.224 e. The van der Waals surface area contributed by atoms with E-state index in [0.29, 0.717) is 0 Å². The molecular weight excluding hydrogens is 224 g/mol. The van der Waals surface area contributed by atoms with Gasteiger partial charge in [-0.1, -0.05) is 6.07 Å². The fourth-order valence-electron chi connectivity index (χ4n) is 1.11. The highest BCUT2D eigenvalue weighted by Gasteiger charge is 2.12. The zero-order valence-corrected chi connectivity index (χ0v) is 8.65. The minimum Gasteiger partial charge on any atom is -0.355 e. The Labute approximate surface area is 91.2 Å². The Balaban J connectivity index is 2.68. The fraction of sp³-hybridized carbons (Fsp3) is 0.300. The predicted molar refractivity (Wildman–Crippen MR) is 53.8 cm³/mol. The van der Waals surface area contributed by atoms with Gasteiger partial charge in [0.25, 0.3) is 0 Å². The number of hydrogen-bond donors (Lipinski definition) is 1. The number of carbonyl (C=O) groups is 1. The van der Waals surface area contributed by atoms with Crippen molar-refractivity contribution in [2.24, 2.45) is 0 Å². The maximum atomic E-state index is 13.1. The van der Waals surface area contributed by atoms with Crippen LogP contribution in [-0.4, -0.2) is 18.3 Å². The second-order valence-electron chi connectivity index (χ2n) is 2.92. The minimum absolute atomic E-state index is 0.218. The molecule has 0 aliphatic carbocycles. The van der Waals surface area contributed by atoms with Gasteiger partial charge in [0.1, 0.15) is 11.6 Å². The van der Waals surface area contributed by atoms with Crippen LogP contribution in [0.15, 0.2) is 18.2 Å². The second-order valence-corrected chi connectivity index (χ2v) is 3.29. The van der Waals surface area contributed by atoms with Crippen LogP contribution in [0.3, 0.4) is 0 Å². The molecule has 5 heteroatoms. The van der Waals surface area contributed by atoms with Crippen molar-refractivity contribution >= 4 is 17.5 Å². The SMILES string of the molecule is O=C(Cc1c(F)cccc1F)NCCCl. The van der Waals surface area contributed by atoms with Gasteiger partial charge in [0.2, 0.25) is 5.91 Å². The van der Waals surface area contributed by atoms with Gasteiger partial charge in [-0.3, -0.25) is 4.79 Å². The molecule has 1 rings (SSSR count). The van der Waals surface area contributed by atoms with E-state index in [2.05, 4.69) is 5.32 Å². The van der Waals surface area contributed by atoms with E-state index in [0.717, 1.165) is 12.1 Å². The summed E-state index contributed by atoms with van der Waals surface area (Å²) in [6.07, 6.45) is -0.310. The van der Waals surface area contributed by atoms with Gasteiger partial charge in [0.15, 0.2) is 0 Å². The van der Waals surface area contributed by atoms with Crippen LogP contribution in [0.25, 0.3) is 0 Å². The van der Waals surface area contributed by atoms with Crippen molar-refractivity contribution in [2.75, 3.05) is 12.4 Å². The fourth-order valence-corrected chi connectivity index (χ4v) is 1.21. The van der Waals surface area contributed by atoms with E-state index < -0.39 is 17.5 Å². The average Bonchev–Trinajstić information content (AvgIpc) is 2.21. The highest BCUT2D eigenvalue weighted by atomic mass is 35.5. The molecule has 0 aliphatic heterocycles. The second kappa shape index (κ2) is 5.66. The van der Waals surface area contributed by atoms with Gasteiger partial charge in [-0.2, -0.15) is 0 Å². The third-order valence-electron chi connectivity index (χ3n) is 1.82. The lowest BCUT2D eigenvalue weighted by Crippen LogP contribution is -2.27. The minimum atomic E-state index is -0.712. The number of benzene rings is 1. The number of carbonyl (C=O) groups excluding carboxylic acids is 1. The Morgan fingerprint density at radius 2 is 1.93 bits per heavy atom. The molecular formula is C10H10ClF2NO. The topological polar surface area (TPSA) is 29.1 Å². The predicted octanol–water partition coefficient (Wildman–Crippen LogP) is 1.86. The van der Waals surface area contributed by atoms with Gasteiger partial charge in [-0.15, -0.1) is 11.6 Å². The summed E-state index contributed by atoms with van der Waals surface area (Å²) in [5, 5.41) is 2.43. The zero-order valence-electron chi connectivity index (χ0n) is 7.90. The number of amides is 1. The first-order chi connectivity index (χ1) is 7.15. The maximum absolute atomic E-state index is 13.1. The quantitative estimate of drug-likeness (QED) is 0.791. The summed E-state index contributed by atoms with van der Waals surface area (Å²) in [5.41, 5.74) is -0.218. The zero-order chi connectivity index (χ0) is 11.3. The first kappa shape index (κ1) is 11.9.